The Kier molecular flexibility index (Phi) is 2.46. The quantitative estimate of drug-likeness (QED) is 0.813. The Labute approximate surface area is 89.0 Å². The van der Waals surface area contributed by atoms with E-state index in [-0.39, 0.29) is 5.75 Å². The Morgan fingerprint density at radius 3 is 2.40 bits per heavy atom. The van der Waals surface area contributed by atoms with E-state index in [0.717, 1.165) is 11.3 Å². The fourth-order valence-electron chi connectivity index (χ4n) is 1.59. The van der Waals surface area contributed by atoms with Gasteiger partial charge in [-0.3, -0.25) is 4.68 Å². The van der Waals surface area contributed by atoms with Gasteiger partial charge in [0.15, 0.2) is 0 Å². The summed E-state index contributed by atoms with van der Waals surface area (Å²) in [5.74, 6) is 0.286. The van der Waals surface area contributed by atoms with Crippen LogP contribution in [0, 0.1) is 0 Å². The Morgan fingerprint density at radius 2 is 1.80 bits per heavy atom. The zero-order chi connectivity index (χ0) is 10.8. The van der Waals surface area contributed by atoms with Crippen LogP contribution in [0.1, 0.15) is 19.9 Å². The van der Waals surface area contributed by atoms with Crippen LogP contribution in [0.3, 0.4) is 0 Å². The highest BCUT2D eigenvalue weighted by atomic mass is 16.3. The van der Waals surface area contributed by atoms with Crippen molar-refractivity contribution in [1.29, 1.82) is 0 Å². The smallest absolute Gasteiger partial charge is 0.115 e. The highest BCUT2D eigenvalue weighted by Gasteiger charge is 2.07. The van der Waals surface area contributed by atoms with E-state index in [1.807, 2.05) is 22.9 Å². The molecular formula is C12H14N2O. The summed E-state index contributed by atoms with van der Waals surface area (Å²) >= 11 is 0. The van der Waals surface area contributed by atoms with Gasteiger partial charge in [0.2, 0.25) is 0 Å². The average Bonchev–Trinajstić information content (AvgIpc) is 2.67. The van der Waals surface area contributed by atoms with E-state index in [9.17, 15) is 5.11 Å². The maximum atomic E-state index is 9.21. The van der Waals surface area contributed by atoms with Crippen LogP contribution in [0.2, 0.25) is 0 Å². The highest BCUT2D eigenvalue weighted by molar-refractivity contribution is 5.60. The van der Waals surface area contributed by atoms with Gasteiger partial charge in [-0.1, -0.05) is 0 Å². The van der Waals surface area contributed by atoms with Crippen LogP contribution in [0.5, 0.6) is 5.75 Å². The topological polar surface area (TPSA) is 38.0 Å². The van der Waals surface area contributed by atoms with E-state index in [1.165, 1.54) is 0 Å². The van der Waals surface area contributed by atoms with Crippen LogP contribution in [0.15, 0.2) is 36.5 Å². The predicted molar refractivity (Wildman–Crippen MR) is 59.7 cm³/mol. The molecule has 0 bridgehead atoms. The van der Waals surface area contributed by atoms with E-state index >= 15 is 0 Å². The van der Waals surface area contributed by atoms with Gasteiger partial charge in [0, 0.05) is 17.8 Å². The number of hydrogen-bond acceptors (Lipinski definition) is 2. The Bertz CT molecular complexity index is 443. The molecule has 0 saturated carbocycles. The number of rotatable bonds is 2. The van der Waals surface area contributed by atoms with E-state index in [4.69, 9.17) is 0 Å². The molecule has 0 aliphatic rings. The normalized spacial score (nSPS) is 10.9. The van der Waals surface area contributed by atoms with Crippen LogP contribution in [-0.4, -0.2) is 14.9 Å². The molecule has 3 nitrogen and oxygen atoms in total. The molecule has 0 aliphatic carbocycles. The SMILES string of the molecule is CC(C)n1nccc1-c1ccc(O)cc1. The zero-order valence-corrected chi connectivity index (χ0v) is 8.88. The van der Waals surface area contributed by atoms with Gasteiger partial charge >= 0.3 is 0 Å². The number of aromatic hydroxyl groups is 1. The molecule has 0 radical (unpaired) electrons. The maximum Gasteiger partial charge on any atom is 0.115 e. The first kappa shape index (κ1) is 9.77. The third kappa shape index (κ3) is 1.86. The summed E-state index contributed by atoms with van der Waals surface area (Å²) in [6.45, 7) is 4.19. The summed E-state index contributed by atoms with van der Waals surface area (Å²) in [6, 6.07) is 9.48. The second kappa shape index (κ2) is 3.77. The lowest BCUT2D eigenvalue weighted by atomic mass is 10.1. The standard InChI is InChI=1S/C12H14N2O/c1-9(2)14-12(7-8-13-14)10-3-5-11(15)6-4-10/h3-9,15H,1-2H3. The fourth-order valence-corrected chi connectivity index (χ4v) is 1.59. The molecule has 78 valence electrons. The third-order valence-corrected chi connectivity index (χ3v) is 2.32. The van der Waals surface area contributed by atoms with Crippen LogP contribution in [-0.2, 0) is 0 Å². The Hall–Kier alpha value is -1.77. The Balaban J connectivity index is 2.45. The third-order valence-electron chi connectivity index (χ3n) is 2.32. The minimum Gasteiger partial charge on any atom is -0.508 e. The predicted octanol–water partition coefficient (Wildman–Crippen LogP) is 2.84. The first-order valence-corrected chi connectivity index (χ1v) is 5.01. The summed E-state index contributed by atoms with van der Waals surface area (Å²) in [7, 11) is 0. The first-order valence-electron chi connectivity index (χ1n) is 5.01. The first-order chi connectivity index (χ1) is 7.18. The maximum absolute atomic E-state index is 9.21. The molecule has 0 fully saturated rings. The monoisotopic (exact) mass is 202 g/mol. The number of nitrogens with zero attached hydrogens (tertiary/aromatic N) is 2. The van der Waals surface area contributed by atoms with Crippen molar-refractivity contribution in [1.82, 2.24) is 9.78 Å². The molecule has 0 aliphatic heterocycles. The highest BCUT2D eigenvalue weighted by Crippen LogP contribution is 2.23. The summed E-state index contributed by atoms with van der Waals surface area (Å²) in [6.07, 6.45) is 1.79. The van der Waals surface area contributed by atoms with Crippen molar-refractivity contribution in [2.45, 2.75) is 19.9 Å². The lowest BCUT2D eigenvalue weighted by Gasteiger charge is -2.10. The summed E-state index contributed by atoms with van der Waals surface area (Å²) in [4.78, 5) is 0. The van der Waals surface area contributed by atoms with Crippen molar-refractivity contribution in [3.8, 4) is 17.0 Å². The zero-order valence-electron chi connectivity index (χ0n) is 8.88. The van der Waals surface area contributed by atoms with Crippen LogP contribution >= 0.6 is 0 Å². The number of phenolic OH excluding ortho intramolecular Hbond substituents is 1. The molecule has 0 unspecified atom stereocenters. The van der Waals surface area contributed by atoms with Crippen LogP contribution in [0.4, 0.5) is 0 Å². The van der Waals surface area contributed by atoms with Gasteiger partial charge in [-0.2, -0.15) is 5.10 Å². The van der Waals surface area contributed by atoms with Crippen molar-refractivity contribution < 1.29 is 5.11 Å². The van der Waals surface area contributed by atoms with Gasteiger partial charge in [-0.15, -0.1) is 0 Å². The van der Waals surface area contributed by atoms with E-state index in [0.29, 0.717) is 6.04 Å². The fraction of sp³-hybridized carbons (Fsp3) is 0.250. The summed E-state index contributed by atoms with van der Waals surface area (Å²) in [5.41, 5.74) is 2.14. The second-order valence-corrected chi connectivity index (χ2v) is 3.80. The van der Waals surface area contributed by atoms with Gasteiger partial charge < -0.3 is 5.11 Å². The van der Waals surface area contributed by atoms with Crippen molar-refractivity contribution in [3.05, 3.63) is 36.5 Å². The molecule has 1 aromatic carbocycles. The van der Waals surface area contributed by atoms with Crippen molar-refractivity contribution in [2.24, 2.45) is 0 Å². The van der Waals surface area contributed by atoms with Crippen LogP contribution in [0.25, 0.3) is 11.3 Å². The minimum atomic E-state index is 0.286. The van der Waals surface area contributed by atoms with E-state index < -0.39 is 0 Å². The second-order valence-electron chi connectivity index (χ2n) is 3.80. The molecular weight excluding hydrogens is 188 g/mol. The van der Waals surface area contributed by atoms with E-state index in [1.54, 1.807) is 18.3 Å². The molecule has 1 aromatic heterocycles. The summed E-state index contributed by atoms with van der Waals surface area (Å²) in [5, 5.41) is 13.5. The van der Waals surface area contributed by atoms with Gasteiger partial charge in [0.1, 0.15) is 5.75 Å². The van der Waals surface area contributed by atoms with Crippen molar-refractivity contribution in [3.63, 3.8) is 0 Å². The van der Waals surface area contributed by atoms with Crippen LogP contribution < -0.4 is 0 Å². The molecule has 3 heteroatoms. The molecule has 0 saturated heterocycles. The van der Waals surface area contributed by atoms with Crippen molar-refractivity contribution >= 4 is 0 Å². The number of aromatic nitrogens is 2. The molecule has 2 rings (SSSR count). The molecule has 1 N–H and O–H groups in total. The molecule has 15 heavy (non-hydrogen) atoms. The summed E-state index contributed by atoms with van der Waals surface area (Å²) < 4.78 is 1.96. The number of phenols is 1. The van der Waals surface area contributed by atoms with Crippen molar-refractivity contribution in [2.75, 3.05) is 0 Å². The largest absolute Gasteiger partial charge is 0.508 e. The van der Waals surface area contributed by atoms with Gasteiger partial charge in [0.25, 0.3) is 0 Å². The molecule has 2 aromatic rings. The molecule has 0 atom stereocenters. The number of hydrogen-bond donors (Lipinski definition) is 1. The van der Waals surface area contributed by atoms with Gasteiger partial charge in [-0.05, 0) is 44.2 Å². The lowest BCUT2D eigenvalue weighted by molar-refractivity contribution is 0.475. The minimum absolute atomic E-state index is 0.286. The van der Waals surface area contributed by atoms with E-state index in [2.05, 4.69) is 18.9 Å². The molecule has 1 heterocycles. The molecule has 0 amide bonds. The number of benzene rings is 1. The average molecular weight is 202 g/mol. The lowest BCUT2D eigenvalue weighted by Crippen LogP contribution is -2.04. The molecule has 0 spiro atoms. The van der Waals surface area contributed by atoms with Gasteiger partial charge in [-0.25, -0.2) is 0 Å². The van der Waals surface area contributed by atoms with Gasteiger partial charge in [0.05, 0.1) is 5.69 Å². The Morgan fingerprint density at radius 1 is 1.13 bits per heavy atom.